The van der Waals surface area contributed by atoms with Gasteiger partial charge in [0.2, 0.25) is 0 Å². The maximum absolute atomic E-state index is 13.7. The molecule has 1 heterocycles. The Kier molecular flexibility index (Phi) is 4.01. The summed E-state index contributed by atoms with van der Waals surface area (Å²) < 4.78 is 26.9. The van der Waals surface area contributed by atoms with E-state index in [4.69, 9.17) is 5.21 Å². The minimum absolute atomic E-state index is 0.0812. The van der Waals surface area contributed by atoms with Gasteiger partial charge in [-0.3, -0.25) is 4.79 Å². The summed E-state index contributed by atoms with van der Waals surface area (Å²) >= 11 is 0. The molecule has 0 bridgehead atoms. The number of piperidine rings is 1. The highest BCUT2D eigenvalue weighted by molar-refractivity contribution is 5.96. The van der Waals surface area contributed by atoms with Crippen molar-refractivity contribution >= 4 is 11.6 Å². The molecule has 0 radical (unpaired) electrons. The maximum atomic E-state index is 13.7. The number of rotatable bonds is 1. The topological polar surface area (TPSA) is 52.9 Å². The number of likely N-dealkylation sites (tertiary alicyclic amines) is 1. The van der Waals surface area contributed by atoms with Crippen molar-refractivity contribution in [2.75, 3.05) is 13.1 Å². The van der Waals surface area contributed by atoms with Crippen LogP contribution in [0.25, 0.3) is 0 Å². The van der Waals surface area contributed by atoms with Crippen molar-refractivity contribution in [3.05, 3.63) is 34.9 Å². The Morgan fingerprint density at radius 1 is 1.40 bits per heavy atom. The molecule has 1 amide bonds. The van der Waals surface area contributed by atoms with E-state index in [0.29, 0.717) is 25.2 Å². The number of amides is 1. The standard InChI is InChI=1S/C14H16F2N2O2/c1-8-5-10(12(16)6-11(8)15)14(19)18-4-3-13(17-20)9(2)7-18/h5-6,9,20H,3-4,7H2,1-2H3/b17-13+. The molecule has 1 aliphatic heterocycles. The van der Waals surface area contributed by atoms with Gasteiger partial charge >= 0.3 is 0 Å². The van der Waals surface area contributed by atoms with Gasteiger partial charge in [0, 0.05) is 31.5 Å². The number of benzene rings is 1. The smallest absolute Gasteiger partial charge is 0.256 e. The van der Waals surface area contributed by atoms with Gasteiger partial charge in [0.1, 0.15) is 11.6 Å². The fraction of sp³-hybridized carbons (Fsp3) is 0.429. The molecule has 1 aromatic carbocycles. The normalized spacial score (nSPS) is 21.3. The molecule has 1 atom stereocenters. The first kappa shape index (κ1) is 14.4. The lowest BCUT2D eigenvalue weighted by atomic mass is 9.96. The van der Waals surface area contributed by atoms with Crippen LogP contribution in [0.2, 0.25) is 0 Å². The quantitative estimate of drug-likeness (QED) is 0.636. The summed E-state index contributed by atoms with van der Waals surface area (Å²) in [4.78, 5) is 13.8. The van der Waals surface area contributed by atoms with Gasteiger partial charge in [-0.2, -0.15) is 0 Å². The Balaban J connectivity index is 2.23. The number of hydrogen-bond donors (Lipinski definition) is 1. The predicted molar refractivity (Wildman–Crippen MR) is 70.0 cm³/mol. The van der Waals surface area contributed by atoms with E-state index < -0.39 is 17.5 Å². The fourth-order valence-electron chi connectivity index (χ4n) is 2.35. The van der Waals surface area contributed by atoms with Gasteiger partial charge in [-0.05, 0) is 18.6 Å². The molecule has 0 saturated carbocycles. The van der Waals surface area contributed by atoms with Crippen molar-refractivity contribution in [2.24, 2.45) is 11.1 Å². The monoisotopic (exact) mass is 282 g/mol. The highest BCUT2D eigenvalue weighted by atomic mass is 19.1. The average molecular weight is 282 g/mol. The Labute approximate surface area is 115 Å². The Hall–Kier alpha value is -1.98. The summed E-state index contributed by atoms with van der Waals surface area (Å²) in [5.74, 6) is -2.06. The molecule has 0 aliphatic carbocycles. The van der Waals surface area contributed by atoms with E-state index in [-0.39, 0.29) is 17.0 Å². The number of oxime groups is 1. The number of halogens is 2. The van der Waals surface area contributed by atoms with Gasteiger partial charge < -0.3 is 10.1 Å². The summed E-state index contributed by atoms with van der Waals surface area (Å²) in [6.45, 7) is 4.04. The fourth-order valence-corrected chi connectivity index (χ4v) is 2.35. The third-order valence-electron chi connectivity index (χ3n) is 3.60. The van der Waals surface area contributed by atoms with Crippen LogP contribution in [0, 0.1) is 24.5 Å². The highest BCUT2D eigenvalue weighted by Gasteiger charge is 2.28. The molecule has 6 heteroatoms. The largest absolute Gasteiger partial charge is 0.411 e. The summed E-state index contributed by atoms with van der Waals surface area (Å²) in [5.41, 5.74) is 0.739. The summed E-state index contributed by atoms with van der Waals surface area (Å²) in [6, 6.07) is 1.96. The average Bonchev–Trinajstić information content (AvgIpc) is 2.42. The third kappa shape index (κ3) is 2.64. The van der Waals surface area contributed by atoms with Crippen molar-refractivity contribution < 1.29 is 18.8 Å². The molecule has 108 valence electrons. The minimum atomic E-state index is -0.854. The minimum Gasteiger partial charge on any atom is -0.411 e. The third-order valence-corrected chi connectivity index (χ3v) is 3.60. The van der Waals surface area contributed by atoms with Gasteiger partial charge in [0.15, 0.2) is 0 Å². The van der Waals surface area contributed by atoms with Crippen LogP contribution in [0.3, 0.4) is 0 Å². The number of nitrogens with zero attached hydrogens (tertiary/aromatic N) is 2. The van der Waals surface area contributed by atoms with E-state index in [1.807, 2.05) is 6.92 Å². The maximum Gasteiger partial charge on any atom is 0.256 e. The number of hydrogen-bond acceptors (Lipinski definition) is 3. The predicted octanol–water partition coefficient (Wildman–Crippen LogP) is 2.59. The Bertz CT molecular complexity index is 573. The zero-order chi connectivity index (χ0) is 14.9. The van der Waals surface area contributed by atoms with E-state index in [0.717, 1.165) is 6.07 Å². The Morgan fingerprint density at radius 2 is 2.10 bits per heavy atom. The van der Waals surface area contributed by atoms with E-state index in [9.17, 15) is 13.6 Å². The second-order valence-electron chi connectivity index (χ2n) is 5.07. The van der Waals surface area contributed by atoms with Crippen LogP contribution in [-0.4, -0.2) is 34.8 Å². The van der Waals surface area contributed by atoms with Crippen molar-refractivity contribution in [2.45, 2.75) is 20.3 Å². The van der Waals surface area contributed by atoms with Crippen molar-refractivity contribution in [1.29, 1.82) is 0 Å². The second kappa shape index (κ2) is 5.56. The Morgan fingerprint density at radius 3 is 2.70 bits per heavy atom. The van der Waals surface area contributed by atoms with Gasteiger partial charge in [-0.15, -0.1) is 0 Å². The van der Waals surface area contributed by atoms with Crippen LogP contribution in [0.5, 0.6) is 0 Å². The van der Waals surface area contributed by atoms with Gasteiger partial charge in [-0.1, -0.05) is 12.1 Å². The van der Waals surface area contributed by atoms with Crippen LogP contribution < -0.4 is 0 Å². The first-order valence-electron chi connectivity index (χ1n) is 6.39. The van der Waals surface area contributed by atoms with E-state index >= 15 is 0 Å². The van der Waals surface area contributed by atoms with Gasteiger partial charge in [0.25, 0.3) is 5.91 Å². The van der Waals surface area contributed by atoms with Crippen LogP contribution in [0.15, 0.2) is 17.3 Å². The van der Waals surface area contributed by atoms with E-state index in [1.54, 1.807) is 0 Å². The molecular weight excluding hydrogens is 266 g/mol. The summed E-state index contributed by atoms with van der Waals surface area (Å²) in [7, 11) is 0. The number of carbonyl (C=O) groups excluding carboxylic acids is 1. The van der Waals surface area contributed by atoms with Crippen LogP contribution in [0.4, 0.5) is 8.78 Å². The molecule has 20 heavy (non-hydrogen) atoms. The molecule has 2 rings (SSSR count). The molecule has 1 aromatic rings. The van der Waals surface area contributed by atoms with Crippen molar-refractivity contribution in [3.8, 4) is 0 Å². The molecule has 0 spiro atoms. The first-order chi connectivity index (χ1) is 9.43. The number of aryl methyl sites for hydroxylation is 1. The van der Waals surface area contributed by atoms with Crippen LogP contribution >= 0.6 is 0 Å². The lowest BCUT2D eigenvalue weighted by Crippen LogP contribution is -2.43. The first-order valence-corrected chi connectivity index (χ1v) is 6.39. The van der Waals surface area contributed by atoms with Crippen LogP contribution in [0.1, 0.15) is 29.3 Å². The molecule has 1 unspecified atom stereocenters. The van der Waals surface area contributed by atoms with Gasteiger partial charge in [0.05, 0.1) is 11.3 Å². The molecule has 1 fully saturated rings. The lowest BCUT2D eigenvalue weighted by molar-refractivity contribution is 0.0729. The zero-order valence-electron chi connectivity index (χ0n) is 11.4. The summed E-state index contributed by atoms with van der Waals surface area (Å²) in [6.07, 6.45) is 0.450. The molecular formula is C14H16F2N2O2. The lowest BCUT2D eigenvalue weighted by Gasteiger charge is -2.31. The number of carbonyl (C=O) groups is 1. The second-order valence-corrected chi connectivity index (χ2v) is 5.07. The van der Waals surface area contributed by atoms with E-state index in [2.05, 4.69) is 5.16 Å². The van der Waals surface area contributed by atoms with E-state index in [1.165, 1.54) is 17.9 Å². The highest BCUT2D eigenvalue weighted by Crippen LogP contribution is 2.20. The SMILES string of the molecule is Cc1cc(C(=O)N2CC/C(=N\O)C(C)C2)c(F)cc1F. The zero-order valence-corrected chi connectivity index (χ0v) is 11.4. The van der Waals surface area contributed by atoms with Gasteiger partial charge in [-0.25, -0.2) is 8.78 Å². The molecule has 1 N–H and O–H groups in total. The molecule has 1 saturated heterocycles. The molecule has 4 nitrogen and oxygen atoms in total. The van der Waals surface area contributed by atoms with Crippen LogP contribution in [-0.2, 0) is 0 Å². The molecule has 0 aromatic heterocycles. The molecule has 1 aliphatic rings. The summed E-state index contributed by atoms with van der Waals surface area (Å²) in [5, 5.41) is 12.0. The van der Waals surface area contributed by atoms with Crippen molar-refractivity contribution in [1.82, 2.24) is 4.90 Å². The van der Waals surface area contributed by atoms with Crippen molar-refractivity contribution in [3.63, 3.8) is 0 Å².